The second-order valence-corrected chi connectivity index (χ2v) is 3.08. The minimum absolute atomic E-state index is 0.0694. The van der Waals surface area contributed by atoms with Crippen molar-refractivity contribution >= 4 is 5.97 Å². The lowest BCUT2D eigenvalue weighted by Crippen LogP contribution is -2.12. The average Bonchev–Trinajstić information content (AvgIpc) is 2.63. The molecule has 2 aliphatic rings. The fourth-order valence-corrected chi connectivity index (χ4v) is 1.87. The minimum Gasteiger partial charge on any atom is -0.469 e. The first-order valence-electron chi connectivity index (χ1n) is 3.70. The number of carbonyl (C=O) groups excluding carboxylic acids is 1. The Hall–Kier alpha value is -0.830. The molecule has 11 heavy (non-hydrogen) atoms. The van der Waals surface area contributed by atoms with Crippen molar-refractivity contribution in [3.8, 4) is 0 Å². The Kier molecular flexibility index (Phi) is 1.29. The number of fused-ring (bicyclic) bond motifs is 1. The third-order valence-electron chi connectivity index (χ3n) is 2.53. The molecule has 0 aromatic heterocycles. The molecule has 0 amide bonds. The van der Waals surface area contributed by atoms with Gasteiger partial charge in [0.05, 0.1) is 19.1 Å². The molecule has 1 N–H and O–H groups in total. The van der Waals surface area contributed by atoms with Crippen molar-refractivity contribution in [3.63, 3.8) is 0 Å². The number of rotatable bonds is 1. The first-order chi connectivity index (χ1) is 5.25. The van der Waals surface area contributed by atoms with E-state index in [-0.39, 0.29) is 23.7 Å². The van der Waals surface area contributed by atoms with E-state index in [9.17, 15) is 9.90 Å². The maximum Gasteiger partial charge on any atom is 0.309 e. The van der Waals surface area contributed by atoms with Gasteiger partial charge in [0.1, 0.15) is 0 Å². The van der Waals surface area contributed by atoms with Crippen LogP contribution in [0.4, 0.5) is 0 Å². The second kappa shape index (κ2) is 2.08. The van der Waals surface area contributed by atoms with Gasteiger partial charge in [-0.1, -0.05) is 12.2 Å². The molecule has 0 heterocycles. The fraction of sp³-hybridized carbons (Fsp3) is 0.625. The quantitative estimate of drug-likeness (QED) is 0.425. The Labute approximate surface area is 64.7 Å². The van der Waals surface area contributed by atoms with E-state index in [2.05, 4.69) is 4.74 Å². The summed E-state index contributed by atoms with van der Waals surface area (Å²) >= 11 is 0. The van der Waals surface area contributed by atoms with Gasteiger partial charge in [-0.25, -0.2) is 0 Å². The topological polar surface area (TPSA) is 46.5 Å². The van der Waals surface area contributed by atoms with Crippen molar-refractivity contribution in [2.45, 2.75) is 6.10 Å². The molecule has 0 aromatic rings. The molecule has 2 rings (SSSR count). The van der Waals surface area contributed by atoms with Gasteiger partial charge in [0.25, 0.3) is 0 Å². The van der Waals surface area contributed by atoms with E-state index >= 15 is 0 Å². The van der Waals surface area contributed by atoms with Gasteiger partial charge in [0.15, 0.2) is 0 Å². The van der Waals surface area contributed by atoms with Gasteiger partial charge in [-0.05, 0) is 5.92 Å². The van der Waals surface area contributed by atoms with Crippen molar-refractivity contribution in [1.82, 2.24) is 0 Å². The summed E-state index contributed by atoms with van der Waals surface area (Å²) in [6, 6.07) is 0. The number of hydrogen-bond acceptors (Lipinski definition) is 3. The van der Waals surface area contributed by atoms with Crippen LogP contribution in [-0.2, 0) is 9.53 Å². The number of ether oxygens (including phenoxy) is 1. The van der Waals surface area contributed by atoms with Gasteiger partial charge >= 0.3 is 5.97 Å². The number of allylic oxidation sites excluding steroid dienone is 1. The molecule has 1 saturated carbocycles. The van der Waals surface area contributed by atoms with Crippen LogP contribution >= 0.6 is 0 Å². The molecule has 3 nitrogen and oxygen atoms in total. The number of methoxy groups -OCH3 is 1. The van der Waals surface area contributed by atoms with E-state index in [1.54, 1.807) is 6.08 Å². The normalized spacial score (nSPS) is 45.3. The Morgan fingerprint density at radius 1 is 1.55 bits per heavy atom. The van der Waals surface area contributed by atoms with Gasteiger partial charge < -0.3 is 9.84 Å². The first-order valence-corrected chi connectivity index (χ1v) is 3.70. The molecule has 0 aromatic carbocycles. The van der Waals surface area contributed by atoms with Gasteiger partial charge in [0.2, 0.25) is 0 Å². The highest BCUT2D eigenvalue weighted by Crippen LogP contribution is 2.54. The number of aliphatic hydroxyl groups is 1. The summed E-state index contributed by atoms with van der Waals surface area (Å²) in [5, 5.41) is 9.26. The summed E-state index contributed by atoms with van der Waals surface area (Å²) in [6.07, 6.45) is 3.22. The van der Waals surface area contributed by atoms with Gasteiger partial charge in [-0.2, -0.15) is 0 Å². The molecule has 4 unspecified atom stereocenters. The first kappa shape index (κ1) is 6.85. The highest BCUT2D eigenvalue weighted by Gasteiger charge is 2.59. The number of carbonyl (C=O) groups is 1. The summed E-state index contributed by atoms with van der Waals surface area (Å²) < 4.78 is 4.57. The largest absolute Gasteiger partial charge is 0.469 e. The average molecular weight is 154 g/mol. The van der Waals surface area contributed by atoms with E-state index in [1.807, 2.05) is 6.08 Å². The van der Waals surface area contributed by atoms with Crippen molar-refractivity contribution in [3.05, 3.63) is 12.2 Å². The van der Waals surface area contributed by atoms with E-state index in [0.29, 0.717) is 0 Å². The van der Waals surface area contributed by atoms with E-state index in [4.69, 9.17) is 0 Å². The predicted octanol–water partition coefficient (Wildman–Crippen LogP) is -0.0477. The number of esters is 1. The van der Waals surface area contributed by atoms with Crippen LogP contribution in [0.25, 0.3) is 0 Å². The lowest BCUT2D eigenvalue weighted by molar-refractivity contribution is -0.143. The molecule has 2 aliphatic carbocycles. The second-order valence-electron chi connectivity index (χ2n) is 3.08. The lowest BCUT2D eigenvalue weighted by Gasteiger charge is -2.01. The molecule has 0 radical (unpaired) electrons. The van der Waals surface area contributed by atoms with Crippen LogP contribution < -0.4 is 0 Å². The highest BCUT2D eigenvalue weighted by molar-refractivity contribution is 5.77. The zero-order valence-electron chi connectivity index (χ0n) is 6.23. The molecule has 0 spiro atoms. The third kappa shape index (κ3) is 0.807. The summed E-state index contributed by atoms with van der Waals surface area (Å²) in [7, 11) is 1.38. The summed E-state index contributed by atoms with van der Waals surface area (Å²) in [5.74, 6) is 0.100. The van der Waals surface area contributed by atoms with Crippen molar-refractivity contribution < 1.29 is 14.6 Å². The van der Waals surface area contributed by atoms with Crippen LogP contribution in [0.1, 0.15) is 0 Å². The molecule has 60 valence electrons. The van der Waals surface area contributed by atoms with Crippen molar-refractivity contribution in [1.29, 1.82) is 0 Å². The molecular weight excluding hydrogens is 144 g/mol. The maximum absolute atomic E-state index is 11.0. The third-order valence-corrected chi connectivity index (χ3v) is 2.53. The Morgan fingerprint density at radius 3 is 2.73 bits per heavy atom. The molecular formula is C8H10O3. The molecule has 4 atom stereocenters. The van der Waals surface area contributed by atoms with E-state index in [1.165, 1.54) is 7.11 Å². The van der Waals surface area contributed by atoms with Gasteiger partial charge in [0, 0.05) is 5.92 Å². The summed E-state index contributed by atoms with van der Waals surface area (Å²) in [4.78, 5) is 11.0. The smallest absolute Gasteiger partial charge is 0.309 e. The van der Waals surface area contributed by atoms with Crippen LogP contribution in [-0.4, -0.2) is 24.3 Å². The van der Waals surface area contributed by atoms with Crippen LogP contribution in [0.2, 0.25) is 0 Å². The lowest BCUT2D eigenvalue weighted by atomic mass is 10.2. The van der Waals surface area contributed by atoms with Crippen LogP contribution in [0.3, 0.4) is 0 Å². The zero-order valence-corrected chi connectivity index (χ0v) is 6.23. The zero-order chi connectivity index (χ0) is 8.01. The minimum atomic E-state index is -0.427. The molecule has 0 saturated heterocycles. The highest BCUT2D eigenvalue weighted by atomic mass is 16.5. The van der Waals surface area contributed by atoms with Crippen molar-refractivity contribution in [2.75, 3.05) is 7.11 Å². The fourth-order valence-electron chi connectivity index (χ4n) is 1.87. The SMILES string of the molecule is COC(=O)C1C2C=CC(O)C21. The van der Waals surface area contributed by atoms with Gasteiger partial charge in [-0.3, -0.25) is 4.79 Å². The van der Waals surface area contributed by atoms with Crippen LogP contribution in [0.15, 0.2) is 12.2 Å². The Morgan fingerprint density at radius 2 is 2.27 bits per heavy atom. The Bertz CT molecular complexity index is 221. The number of aliphatic hydroxyl groups excluding tert-OH is 1. The molecule has 0 bridgehead atoms. The summed E-state index contributed by atoms with van der Waals surface area (Å²) in [6.45, 7) is 0. The van der Waals surface area contributed by atoms with Crippen LogP contribution in [0, 0.1) is 17.8 Å². The van der Waals surface area contributed by atoms with E-state index in [0.717, 1.165) is 0 Å². The Balaban J connectivity index is 2.04. The predicted molar refractivity (Wildman–Crippen MR) is 37.6 cm³/mol. The maximum atomic E-state index is 11.0. The molecule has 3 heteroatoms. The van der Waals surface area contributed by atoms with Crippen molar-refractivity contribution in [2.24, 2.45) is 17.8 Å². The van der Waals surface area contributed by atoms with E-state index < -0.39 is 6.10 Å². The molecule has 0 aliphatic heterocycles. The summed E-state index contributed by atoms with van der Waals surface area (Å²) in [5.41, 5.74) is 0. The van der Waals surface area contributed by atoms with Crippen LogP contribution in [0.5, 0.6) is 0 Å². The van der Waals surface area contributed by atoms with Gasteiger partial charge in [-0.15, -0.1) is 0 Å². The number of hydrogen-bond donors (Lipinski definition) is 1. The standard InChI is InChI=1S/C8H10O3/c1-11-8(10)7-4-2-3-5(9)6(4)7/h2-7,9H,1H3. The molecule has 1 fully saturated rings. The monoisotopic (exact) mass is 154 g/mol.